The van der Waals surface area contributed by atoms with E-state index in [1.165, 1.54) is 17.7 Å². The Balaban J connectivity index is 1.64. The van der Waals surface area contributed by atoms with Crippen molar-refractivity contribution in [2.75, 3.05) is 24.5 Å². The minimum absolute atomic E-state index is 0.0789. The van der Waals surface area contributed by atoms with Crippen LogP contribution in [-0.4, -0.2) is 50.5 Å². The Labute approximate surface area is 182 Å². The van der Waals surface area contributed by atoms with E-state index < -0.39 is 5.41 Å². The van der Waals surface area contributed by atoms with Crippen LogP contribution in [-0.2, 0) is 4.79 Å². The van der Waals surface area contributed by atoms with Crippen LogP contribution in [0.5, 0.6) is 0 Å². The topological polar surface area (TPSA) is 126 Å². The van der Waals surface area contributed by atoms with Gasteiger partial charge in [0.15, 0.2) is 10.9 Å². The van der Waals surface area contributed by atoms with Crippen molar-refractivity contribution in [3.63, 3.8) is 0 Å². The number of fused-ring (bicyclic) bond motifs is 1. The molecule has 0 unspecified atom stereocenters. The number of piperidine rings is 1. The van der Waals surface area contributed by atoms with Crippen molar-refractivity contribution in [1.82, 2.24) is 30.2 Å². The van der Waals surface area contributed by atoms with Gasteiger partial charge in [-0.1, -0.05) is 0 Å². The lowest BCUT2D eigenvalue weighted by Gasteiger charge is -2.38. The van der Waals surface area contributed by atoms with Gasteiger partial charge in [0.1, 0.15) is 12.0 Å². The Hall–Kier alpha value is -3.21. The molecule has 0 aromatic carbocycles. The lowest BCUT2D eigenvalue weighted by Crippen LogP contribution is -2.52. The molecule has 0 radical (unpaired) electrons. The number of aromatic amines is 1. The van der Waals surface area contributed by atoms with Crippen LogP contribution in [0.4, 0.5) is 10.9 Å². The predicted molar refractivity (Wildman–Crippen MR) is 120 cm³/mol. The van der Waals surface area contributed by atoms with E-state index >= 15 is 0 Å². The fraction of sp³-hybridized carbons (Fsp3) is 0.286. The number of pyridine rings is 1. The van der Waals surface area contributed by atoms with Gasteiger partial charge in [-0.25, -0.2) is 19.9 Å². The van der Waals surface area contributed by atoms with Gasteiger partial charge in [0.25, 0.3) is 0 Å². The summed E-state index contributed by atoms with van der Waals surface area (Å²) in [5, 5.41) is 6.56. The minimum atomic E-state index is -0.668. The molecule has 0 bridgehead atoms. The van der Waals surface area contributed by atoms with Crippen LogP contribution in [0.3, 0.4) is 0 Å². The molecule has 1 aliphatic rings. The van der Waals surface area contributed by atoms with Gasteiger partial charge < -0.3 is 16.0 Å². The number of aromatic nitrogens is 5. The third-order valence-electron chi connectivity index (χ3n) is 5.79. The summed E-state index contributed by atoms with van der Waals surface area (Å²) in [6, 6.07) is 5.68. The molecule has 4 aromatic rings. The monoisotopic (exact) mass is 434 g/mol. The van der Waals surface area contributed by atoms with Gasteiger partial charge in [0.05, 0.1) is 16.5 Å². The molecule has 0 saturated carbocycles. The zero-order valence-electron chi connectivity index (χ0n) is 16.8. The quantitative estimate of drug-likeness (QED) is 0.440. The highest BCUT2D eigenvalue weighted by Crippen LogP contribution is 2.39. The number of H-pyrrole nitrogens is 1. The van der Waals surface area contributed by atoms with Gasteiger partial charge in [-0.15, -0.1) is 11.3 Å². The van der Waals surface area contributed by atoms with E-state index in [4.69, 9.17) is 10.7 Å². The highest BCUT2D eigenvalue weighted by molar-refractivity contribution is 7.14. The van der Waals surface area contributed by atoms with Gasteiger partial charge in [0.2, 0.25) is 5.91 Å². The van der Waals surface area contributed by atoms with Gasteiger partial charge in [-0.2, -0.15) is 0 Å². The van der Waals surface area contributed by atoms with E-state index in [0.29, 0.717) is 29.4 Å². The number of nitrogens with zero attached hydrogens (tertiary/aromatic N) is 5. The molecule has 1 aliphatic heterocycles. The molecule has 1 amide bonds. The van der Waals surface area contributed by atoms with Crippen molar-refractivity contribution >= 4 is 39.2 Å². The number of hydrogen-bond acceptors (Lipinski definition) is 8. The zero-order valence-corrected chi connectivity index (χ0v) is 17.6. The Morgan fingerprint density at radius 1 is 1.26 bits per heavy atom. The van der Waals surface area contributed by atoms with Crippen molar-refractivity contribution in [2.24, 2.45) is 11.1 Å². The second-order valence-corrected chi connectivity index (χ2v) is 8.41. The summed E-state index contributed by atoms with van der Waals surface area (Å²) in [6.45, 7) is 1.77. The second kappa shape index (κ2) is 8.14. The number of hydrogen-bond donors (Lipinski definition) is 3. The largest absolute Gasteiger partial charge is 0.346 e. The summed E-state index contributed by atoms with van der Waals surface area (Å²) in [6.07, 6.45) is 8.06. The first-order valence-corrected chi connectivity index (χ1v) is 11.0. The molecule has 4 N–H and O–H groups in total. The van der Waals surface area contributed by atoms with Gasteiger partial charge in [0, 0.05) is 36.1 Å². The molecule has 0 aliphatic carbocycles. The summed E-state index contributed by atoms with van der Waals surface area (Å²) >= 11 is 1.40. The number of carbonyl (C=O) groups is 1. The summed E-state index contributed by atoms with van der Waals surface area (Å²) in [4.78, 5) is 36.5. The Morgan fingerprint density at radius 2 is 2.13 bits per heavy atom. The average molecular weight is 435 g/mol. The summed E-state index contributed by atoms with van der Waals surface area (Å²) in [5.41, 5.74) is 7.83. The highest BCUT2D eigenvalue weighted by atomic mass is 32.1. The molecule has 1 fully saturated rings. The zero-order chi connectivity index (χ0) is 21.3. The minimum Gasteiger partial charge on any atom is -0.346 e. The van der Waals surface area contributed by atoms with E-state index in [2.05, 4.69) is 25.3 Å². The SMILES string of the molecule is NCC1(C(=O)N(c2nc(-c3cccnc3)cs2)c2ncnc3[nH]ccc23)CCNCC1. The maximum absolute atomic E-state index is 14.1. The number of nitrogens with one attached hydrogen (secondary N) is 2. The summed E-state index contributed by atoms with van der Waals surface area (Å²) in [5.74, 6) is 0.430. The predicted octanol–water partition coefficient (Wildman–Crippen LogP) is 2.47. The molecule has 1 saturated heterocycles. The first kappa shape index (κ1) is 19.7. The Bertz CT molecular complexity index is 1200. The van der Waals surface area contributed by atoms with Crippen LogP contribution in [0.15, 0.2) is 48.5 Å². The van der Waals surface area contributed by atoms with Crippen molar-refractivity contribution < 1.29 is 4.79 Å². The molecule has 4 aromatic heterocycles. The molecule has 5 heterocycles. The van der Waals surface area contributed by atoms with E-state index in [1.54, 1.807) is 23.5 Å². The first-order valence-electron chi connectivity index (χ1n) is 10.1. The molecule has 0 spiro atoms. The third-order valence-corrected chi connectivity index (χ3v) is 6.62. The van der Waals surface area contributed by atoms with E-state index in [9.17, 15) is 4.79 Å². The third kappa shape index (κ3) is 3.48. The lowest BCUT2D eigenvalue weighted by molar-refractivity contribution is -0.128. The Morgan fingerprint density at radius 3 is 2.90 bits per heavy atom. The number of nitrogens with two attached hydrogens (primary N) is 1. The molecule has 9 nitrogen and oxygen atoms in total. The molecule has 0 atom stereocenters. The normalized spacial score (nSPS) is 15.8. The van der Waals surface area contributed by atoms with E-state index in [-0.39, 0.29) is 12.5 Å². The van der Waals surface area contributed by atoms with Gasteiger partial charge >= 0.3 is 0 Å². The van der Waals surface area contributed by atoms with E-state index in [1.807, 2.05) is 23.6 Å². The second-order valence-electron chi connectivity index (χ2n) is 7.57. The molecular formula is C21H22N8OS. The van der Waals surface area contributed by atoms with Crippen LogP contribution in [0.25, 0.3) is 22.3 Å². The van der Waals surface area contributed by atoms with Crippen LogP contribution < -0.4 is 16.0 Å². The van der Waals surface area contributed by atoms with Crippen LogP contribution in [0, 0.1) is 5.41 Å². The standard InChI is InChI=1S/C21H22N8OS/c22-12-21(4-8-23-9-5-21)19(30)29(18-15-3-7-25-17(15)26-13-27-18)20-28-16(11-31-20)14-2-1-6-24-10-14/h1-3,6-7,10-11,13,23H,4-5,8-9,12,22H2,(H,25,26,27). The number of thiazole rings is 1. The van der Waals surface area contributed by atoms with Gasteiger partial charge in [-0.05, 0) is 44.1 Å². The molecular weight excluding hydrogens is 412 g/mol. The number of carbonyl (C=O) groups excluding carboxylic acids is 1. The fourth-order valence-electron chi connectivity index (χ4n) is 3.97. The molecule has 10 heteroatoms. The van der Waals surface area contributed by atoms with Crippen molar-refractivity contribution in [3.05, 3.63) is 48.5 Å². The van der Waals surface area contributed by atoms with Crippen LogP contribution >= 0.6 is 11.3 Å². The van der Waals surface area contributed by atoms with Crippen molar-refractivity contribution in [1.29, 1.82) is 0 Å². The molecule has 5 rings (SSSR count). The maximum atomic E-state index is 14.1. The van der Waals surface area contributed by atoms with Gasteiger partial charge in [-0.3, -0.25) is 9.78 Å². The van der Waals surface area contributed by atoms with E-state index in [0.717, 1.165) is 29.7 Å². The first-order chi connectivity index (χ1) is 15.2. The summed E-state index contributed by atoms with van der Waals surface area (Å²) < 4.78 is 0. The molecule has 158 valence electrons. The number of amides is 1. The maximum Gasteiger partial charge on any atom is 0.242 e. The van der Waals surface area contributed by atoms with Crippen LogP contribution in [0.1, 0.15) is 12.8 Å². The fourth-order valence-corrected chi connectivity index (χ4v) is 4.80. The van der Waals surface area contributed by atoms with Crippen LogP contribution in [0.2, 0.25) is 0 Å². The summed E-state index contributed by atoms with van der Waals surface area (Å²) in [7, 11) is 0. The smallest absolute Gasteiger partial charge is 0.242 e. The van der Waals surface area contributed by atoms with Crippen molar-refractivity contribution in [2.45, 2.75) is 12.8 Å². The van der Waals surface area contributed by atoms with Crippen molar-refractivity contribution in [3.8, 4) is 11.3 Å². The Kier molecular flexibility index (Phi) is 5.18. The highest BCUT2D eigenvalue weighted by Gasteiger charge is 2.43. The number of rotatable bonds is 5. The number of anilines is 2. The average Bonchev–Trinajstić information content (AvgIpc) is 3.51. The lowest BCUT2D eigenvalue weighted by atomic mass is 9.77. The molecule has 31 heavy (non-hydrogen) atoms.